The summed E-state index contributed by atoms with van der Waals surface area (Å²) >= 11 is 0. The summed E-state index contributed by atoms with van der Waals surface area (Å²) < 4.78 is 0. The van der Waals surface area contributed by atoms with Gasteiger partial charge in [-0.1, -0.05) is 30.7 Å². The van der Waals surface area contributed by atoms with Gasteiger partial charge < -0.3 is 4.79 Å². The van der Waals surface area contributed by atoms with E-state index in [1.807, 2.05) is 0 Å². The second-order valence-electron chi connectivity index (χ2n) is 3.26. The van der Waals surface area contributed by atoms with E-state index in [2.05, 4.69) is 24.3 Å². The van der Waals surface area contributed by atoms with Crippen LogP contribution in [-0.2, 0) is 4.79 Å². The SMILES string of the molecule is O=CCCCCC1C=CC=CC1. The van der Waals surface area contributed by atoms with Crippen LogP contribution >= 0.6 is 0 Å². The van der Waals surface area contributed by atoms with Gasteiger partial charge in [0.15, 0.2) is 0 Å². The maximum absolute atomic E-state index is 10.0. The van der Waals surface area contributed by atoms with Gasteiger partial charge in [0, 0.05) is 6.42 Å². The molecule has 1 aliphatic rings. The molecule has 0 heterocycles. The monoisotopic (exact) mass is 164 g/mol. The zero-order valence-electron chi connectivity index (χ0n) is 7.41. The van der Waals surface area contributed by atoms with Crippen molar-refractivity contribution >= 4 is 6.29 Å². The molecule has 66 valence electrons. The Morgan fingerprint density at radius 2 is 2.25 bits per heavy atom. The van der Waals surface area contributed by atoms with E-state index < -0.39 is 0 Å². The van der Waals surface area contributed by atoms with Crippen LogP contribution in [0.2, 0.25) is 0 Å². The van der Waals surface area contributed by atoms with Crippen molar-refractivity contribution in [3.05, 3.63) is 24.3 Å². The van der Waals surface area contributed by atoms with Gasteiger partial charge in [-0.3, -0.25) is 0 Å². The van der Waals surface area contributed by atoms with E-state index in [4.69, 9.17) is 0 Å². The van der Waals surface area contributed by atoms with Crippen molar-refractivity contribution in [1.82, 2.24) is 0 Å². The van der Waals surface area contributed by atoms with Crippen molar-refractivity contribution in [3.63, 3.8) is 0 Å². The highest BCUT2D eigenvalue weighted by atomic mass is 16.1. The zero-order valence-corrected chi connectivity index (χ0v) is 7.41. The summed E-state index contributed by atoms with van der Waals surface area (Å²) in [5.74, 6) is 0.724. The lowest BCUT2D eigenvalue weighted by atomic mass is 9.95. The maximum atomic E-state index is 10.0. The van der Waals surface area contributed by atoms with Crippen molar-refractivity contribution in [2.75, 3.05) is 0 Å². The van der Waals surface area contributed by atoms with E-state index in [9.17, 15) is 4.79 Å². The molecule has 1 rings (SSSR count). The molecule has 1 atom stereocenters. The smallest absolute Gasteiger partial charge is 0.119 e. The lowest BCUT2D eigenvalue weighted by Gasteiger charge is -2.11. The fourth-order valence-electron chi connectivity index (χ4n) is 1.48. The molecule has 0 aromatic rings. The van der Waals surface area contributed by atoms with Crippen LogP contribution in [-0.4, -0.2) is 6.29 Å². The van der Waals surface area contributed by atoms with Crippen LogP contribution in [0.5, 0.6) is 0 Å². The Morgan fingerprint density at radius 1 is 1.33 bits per heavy atom. The number of unbranched alkanes of at least 4 members (excludes halogenated alkanes) is 2. The normalized spacial score (nSPS) is 21.2. The van der Waals surface area contributed by atoms with Gasteiger partial charge >= 0.3 is 0 Å². The fraction of sp³-hybridized carbons (Fsp3) is 0.545. The number of hydrogen-bond donors (Lipinski definition) is 0. The molecule has 12 heavy (non-hydrogen) atoms. The number of carbonyl (C=O) groups is 1. The van der Waals surface area contributed by atoms with E-state index in [1.54, 1.807) is 0 Å². The van der Waals surface area contributed by atoms with Crippen molar-refractivity contribution < 1.29 is 4.79 Å². The first-order chi connectivity index (χ1) is 5.93. The first-order valence-corrected chi connectivity index (χ1v) is 4.70. The third-order valence-electron chi connectivity index (χ3n) is 2.22. The number of carbonyl (C=O) groups excluding carboxylic acids is 1. The number of allylic oxidation sites excluding steroid dienone is 4. The summed E-state index contributed by atoms with van der Waals surface area (Å²) in [4.78, 5) is 10.0. The molecule has 1 nitrogen and oxygen atoms in total. The molecule has 0 bridgehead atoms. The molecule has 0 aromatic carbocycles. The second-order valence-corrected chi connectivity index (χ2v) is 3.26. The summed E-state index contributed by atoms with van der Waals surface area (Å²) in [7, 11) is 0. The lowest BCUT2D eigenvalue weighted by Crippen LogP contribution is -1.97. The summed E-state index contributed by atoms with van der Waals surface area (Å²) in [6.45, 7) is 0. The van der Waals surface area contributed by atoms with E-state index in [1.165, 1.54) is 19.3 Å². The molecular weight excluding hydrogens is 148 g/mol. The molecule has 0 N–H and O–H groups in total. The maximum Gasteiger partial charge on any atom is 0.119 e. The number of aldehydes is 1. The minimum Gasteiger partial charge on any atom is -0.303 e. The van der Waals surface area contributed by atoms with Crippen LogP contribution in [0, 0.1) is 5.92 Å². The molecule has 0 aliphatic heterocycles. The van der Waals surface area contributed by atoms with E-state index in [0.29, 0.717) is 0 Å². The van der Waals surface area contributed by atoms with E-state index in [-0.39, 0.29) is 0 Å². The summed E-state index contributed by atoms with van der Waals surface area (Å²) in [5, 5.41) is 0. The summed E-state index contributed by atoms with van der Waals surface area (Å²) in [6, 6.07) is 0. The van der Waals surface area contributed by atoms with Crippen LogP contribution in [0.1, 0.15) is 32.1 Å². The quantitative estimate of drug-likeness (QED) is 0.451. The van der Waals surface area contributed by atoms with Crippen LogP contribution < -0.4 is 0 Å². The van der Waals surface area contributed by atoms with Gasteiger partial charge in [0.25, 0.3) is 0 Å². The Balaban J connectivity index is 2.03. The second kappa shape index (κ2) is 5.76. The fourth-order valence-corrected chi connectivity index (χ4v) is 1.48. The highest BCUT2D eigenvalue weighted by Gasteiger charge is 2.03. The molecule has 0 saturated carbocycles. The Hall–Kier alpha value is -0.850. The topological polar surface area (TPSA) is 17.1 Å². The summed E-state index contributed by atoms with van der Waals surface area (Å²) in [5.41, 5.74) is 0. The Morgan fingerprint density at radius 3 is 2.92 bits per heavy atom. The van der Waals surface area contributed by atoms with Crippen molar-refractivity contribution in [1.29, 1.82) is 0 Å². The lowest BCUT2D eigenvalue weighted by molar-refractivity contribution is -0.107. The Labute approximate surface area is 74.2 Å². The summed E-state index contributed by atoms with van der Waals surface area (Å²) in [6.07, 6.45) is 15.1. The number of rotatable bonds is 5. The van der Waals surface area contributed by atoms with E-state index in [0.717, 1.165) is 25.0 Å². The molecule has 1 heteroatoms. The van der Waals surface area contributed by atoms with Crippen LogP contribution in [0.3, 0.4) is 0 Å². The van der Waals surface area contributed by atoms with Crippen LogP contribution in [0.4, 0.5) is 0 Å². The average Bonchev–Trinajstić information content (AvgIpc) is 2.14. The first-order valence-electron chi connectivity index (χ1n) is 4.70. The third-order valence-corrected chi connectivity index (χ3v) is 2.22. The minimum atomic E-state index is 0.724. The van der Waals surface area contributed by atoms with Crippen LogP contribution in [0.25, 0.3) is 0 Å². The van der Waals surface area contributed by atoms with Crippen molar-refractivity contribution in [3.8, 4) is 0 Å². The largest absolute Gasteiger partial charge is 0.303 e. The molecule has 0 amide bonds. The first kappa shape index (κ1) is 9.24. The van der Waals surface area contributed by atoms with Crippen molar-refractivity contribution in [2.24, 2.45) is 5.92 Å². The molecular formula is C11H16O. The predicted molar refractivity (Wildman–Crippen MR) is 50.9 cm³/mol. The zero-order chi connectivity index (χ0) is 8.65. The Kier molecular flexibility index (Phi) is 4.43. The highest BCUT2D eigenvalue weighted by molar-refractivity contribution is 5.48. The van der Waals surface area contributed by atoms with Gasteiger partial charge in [0.1, 0.15) is 6.29 Å². The average molecular weight is 164 g/mol. The van der Waals surface area contributed by atoms with Gasteiger partial charge in [0.05, 0.1) is 0 Å². The van der Waals surface area contributed by atoms with Gasteiger partial charge in [-0.2, -0.15) is 0 Å². The molecule has 0 aromatic heterocycles. The third kappa shape index (κ3) is 3.51. The molecule has 0 saturated heterocycles. The molecule has 0 spiro atoms. The van der Waals surface area contributed by atoms with Crippen LogP contribution in [0.15, 0.2) is 24.3 Å². The van der Waals surface area contributed by atoms with Gasteiger partial charge in [-0.05, 0) is 25.2 Å². The van der Waals surface area contributed by atoms with Gasteiger partial charge in [-0.15, -0.1) is 0 Å². The van der Waals surface area contributed by atoms with E-state index >= 15 is 0 Å². The van der Waals surface area contributed by atoms with Gasteiger partial charge in [-0.25, -0.2) is 0 Å². The predicted octanol–water partition coefficient (Wildman–Crippen LogP) is 2.88. The van der Waals surface area contributed by atoms with Crippen molar-refractivity contribution in [2.45, 2.75) is 32.1 Å². The molecule has 0 radical (unpaired) electrons. The molecule has 1 aliphatic carbocycles. The Bertz CT molecular complexity index is 179. The molecule has 0 fully saturated rings. The van der Waals surface area contributed by atoms with Gasteiger partial charge in [0.2, 0.25) is 0 Å². The minimum absolute atomic E-state index is 0.724. The standard InChI is InChI=1S/C11H16O/c12-10-6-2-5-9-11-7-3-1-4-8-11/h1,3-4,7,10-11H,2,5-6,8-9H2. The number of hydrogen-bond acceptors (Lipinski definition) is 1. The highest BCUT2D eigenvalue weighted by Crippen LogP contribution is 2.18. The molecule has 1 unspecified atom stereocenters.